The Kier molecular flexibility index (Phi) is 4.33. The number of aliphatic imine (C=N–C) groups is 1. The first kappa shape index (κ1) is 17.5. The molecule has 0 fully saturated rings. The van der Waals surface area contributed by atoms with Crippen LogP contribution >= 0.6 is 0 Å². The largest absolute Gasteiger partial charge is 0.369 e. The quantitative estimate of drug-likeness (QED) is 0.651. The SMILES string of the molecule is CC(C)(C)c1ccc(C2=Nc3ccccc3C(O)N2c2ccccc2)cc1. The Morgan fingerprint density at radius 1 is 0.815 bits per heavy atom. The van der Waals surface area contributed by atoms with E-state index in [0.717, 1.165) is 28.3 Å². The number of nitrogens with zero attached hydrogens (tertiary/aromatic N) is 2. The maximum absolute atomic E-state index is 11.1. The van der Waals surface area contributed by atoms with Crippen molar-refractivity contribution >= 4 is 17.2 Å². The summed E-state index contributed by atoms with van der Waals surface area (Å²) in [5.41, 5.74) is 4.90. The summed E-state index contributed by atoms with van der Waals surface area (Å²) in [6.07, 6.45) is -0.779. The third-order valence-corrected chi connectivity index (χ3v) is 4.96. The smallest absolute Gasteiger partial charge is 0.160 e. The van der Waals surface area contributed by atoms with Gasteiger partial charge in [0, 0.05) is 16.8 Å². The molecule has 136 valence electrons. The summed E-state index contributed by atoms with van der Waals surface area (Å²) in [6, 6.07) is 26.2. The molecule has 3 heteroatoms. The number of hydrogen-bond acceptors (Lipinski definition) is 3. The standard InChI is InChI=1S/C24H24N2O/c1-24(2,3)18-15-13-17(14-16-18)22-25-21-12-8-7-11-20(21)23(27)26(22)19-9-5-4-6-10-19/h4-16,23,27H,1-3H3. The van der Waals surface area contributed by atoms with Crippen LogP contribution in [0.3, 0.4) is 0 Å². The Balaban J connectivity index is 1.85. The van der Waals surface area contributed by atoms with Gasteiger partial charge in [-0.25, -0.2) is 4.99 Å². The van der Waals surface area contributed by atoms with Crippen molar-refractivity contribution in [1.82, 2.24) is 0 Å². The highest BCUT2D eigenvalue weighted by Gasteiger charge is 2.30. The first-order chi connectivity index (χ1) is 12.9. The van der Waals surface area contributed by atoms with E-state index >= 15 is 0 Å². The number of rotatable bonds is 2. The van der Waals surface area contributed by atoms with E-state index in [9.17, 15) is 5.11 Å². The molecule has 3 aromatic rings. The summed E-state index contributed by atoms with van der Waals surface area (Å²) in [5.74, 6) is 0.757. The van der Waals surface area contributed by atoms with Gasteiger partial charge in [-0.2, -0.15) is 0 Å². The fourth-order valence-electron chi connectivity index (χ4n) is 3.41. The molecule has 1 N–H and O–H groups in total. The molecule has 0 saturated carbocycles. The first-order valence-electron chi connectivity index (χ1n) is 9.26. The van der Waals surface area contributed by atoms with Crippen molar-refractivity contribution in [2.24, 2.45) is 4.99 Å². The molecular weight excluding hydrogens is 332 g/mol. The van der Waals surface area contributed by atoms with Gasteiger partial charge in [-0.1, -0.05) is 81.4 Å². The minimum atomic E-state index is -0.779. The summed E-state index contributed by atoms with van der Waals surface area (Å²) in [6.45, 7) is 6.61. The van der Waals surface area contributed by atoms with E-state index < -0.39 is 6.23 Å². The molecule has 1 unspecified atom stereocenters. The van der Waals surface area contributed by atoms with E-state index in [1.54, 1.807) is 0 Å². The zero-order chi connectivity index (χ0) is 19.0. The van der Waals surface area contributed by atoms with E-state index in [4.69, 9.17) is 4.99 Å². The topological polar surface area (TPSA) is 35.8 Å². The van der Waals surface area contributed by atoms with Crippen molar-refractivity contribution < 1.29 is 5.11 Å². The zero-order valence-electron chi connectivity index (χ0n) is 15.9. The maximum Gasteiger partial charge on any atom is 0.160 e. The fourth-order valence-corrected chi connectivity index (χ4v) is 3.41. The van der Waals surface area contributed by atoms with Crippen LogP contribution in [0.25, 0.3) is 0 Å². The van der Waals surface area contributed by atoms with Crippen LogP contribution in [0.1, 0.15) is 43.7 Å². The average molecular weight is 356 g/mol. The number of amidine groups is 1. The lowest BCUT2D eigenvalue weighted by molar-refractivity contribution is 0.187. The van der Waals surface area contributed by atoms with Crippen molar-refractivity contribution in [1.29, 1.82) is 0 Å². The van der Waals surface area contributed by atoms with Crippen molar-refractivity contribution in [2.45, 2.75) is 32.4 Å². The van der Waals surface area contributed by atoms with E-state index in [1.165, 1.54) is 5.56 Å². The first-order valence-corrected chi connectivity index (χ1v) is 9.26. The van der Waals surface area contributed by atoms with Crippen molar-refractivity contribution in [3.63, 3.8) is 0 Å². The second-order valence-corrected chi connectivity index (χ2v) is 7.90. The van der Waals surface area contributed by atoms with Gasteiger partial charge in [-0.3, -0.25) is 4.90 Å². The predicted molar refractivity (Wildman–Crippen MR) is 112 cm³/mol. The van der Waals surface area contributed by atoms with Crippen molar-refractivity contribution in [2.75, 3.05) is 4.90 Å². The molecule has 4 rings (SSSR count). The number of aliphatic hydroxyl groups excluding tert-OH is 1. The number of benzene rings is 3. The third-order valence-electron chi connectivity index (χ3n) is 4.96. The number of aliphatic hydroxyl groups is 1. The van der Waals surface area contributed by atoms with Gasteiger partial charge in [0.05, 0.1) is 5.69 Å². The molecule has 0 amide bonds. The van der Waals surface area contributed by atoms with Crippen LogP contribution in [0.2, 0.25) is 0 Å². The van der Waals surface area contributed by atoms with Gasteiger partial charge in [-0.15, -0.1) is 0 Å². The third kappa shape index (κ3) is 3.26. The molecule has 3 aromatic carbocycles. The second-order valence-electron chi connectivity index (χ2n) is 7.90. The van der Waals surface area contributed by atoms with E-state index in [1.807, 2.05) is 59.5 Å². The van der Waals surface area contributed by atoms with E-state index in [-0.39, 0.29) is 5.41 Å². The van der Waals surface area contributed by atoms with Crippen LogP contribution in [0.15, 0.2) is 83.9 Å². The molecule has 27 heavy (non-hydrogen) atoms. The normalized spacial score (nSPS) is 16.7. The summed E-state index contributed by atoms with van der Waals surface area (Å²) in [5, 5.41) is 11.1. The highest BCUT2D eigenvalue weighted by atomic mass is 16.3. The van der Waals surface area contributed by atoms with Gasteiger partial charge >= 0.3 is 0 Å². The lowest BCUT2D eigenvalue weighted by Gasteiger charge is -2.35. The van der Waals surface area contributed by atoms with Gasteiger partial charge in [0.2, 0.25) is 0 Å². The molecule has 1 atom stereocenters. The Labute approximate surface area is 160 Å². The predicted octanol–water partition coefficient (Wildman–Crippen LogP) is 5.57. The van der Waals surface area contributed by atoms with Crippen LogP contribution in [0, 0.1) is 0 Å². The van der Waals surface area contributed by atoms with E-state index in [2.05, 4.69) is 45.0 Å². The zero-order valence-corrected chi connectivity index (χ0v) is 15.9. The summed E-state index contributed by atoms with van der Waals surface area (Å²) in [4.78, 5) is 6.80. The lowest BCUT2D eigenvalue weighted by atomic mass is 9.86. The fraction of sp³-hybridized carbons (Fsp3) is 0.208. The van der Waals surface area contributed by atoms with E-state index in [0.29, 0.717) is 0 Å². The second kappa shape index (κ2) is 6.67. The van der Waals surface area contributed by atoms with Gasteiger partial charge in [0.25, 0.3) is 0 Å². The molecule has 1 aliphatic heterocycles. The molecule has 0 aromatic heterocycles. The van der Waals surface area contributed by atoms with Crippen LogP contribution in [0.4, 0.5) is 11.4 Å². The number of anilines is 1. The Morgan fingerprint density at radius 2 is 1.44 bits per heavy atom. The molecule has 0 aliphatic carbocycles. The van der Waals surface area contributed by atoms with Crippen molar-refractivity contribution in [3.05, 3.63) is 95.6 Å². The Morgan fingerprint density at radius 3 is 2.11 bits per heavy atom. The number of hydrogen-bond donors (Lipinski definition) is 1. The van der Waals surface area contributed by atoms with Gasteiger partial charge in [0.1, 0.15) is 5.84 Å². The van der Waals surface area contributed by atoms with Crippen LogP contribution < -0.4 is 4.90 Å². The maximum atomic E-state index is 11.1. The number of fused-ring (bicyclic) bond motifs is 1. The highest BCUT2D eigenvalue weighted by Crippen LogP contribution is 2.37. The summed E-state index contributed by atoms with van der Waals surface area (Å²) in [7, 11) is 0. The molecule has 1 heterocycles. The average Bonchev–Trinajstić information content (AvgIpc) is 2.68. The highest BCUT2D eigenvalue weighted by molar-refractivity contribution is 6.12. The minimum Gasteiger partial charge on any atom is -0.369 e. The molecular formula is C24H24N2O. The molecule has 1 aliphatic rings. The minimum absolute atomic E-state index is 0.0954. The van der Waals surface area contributed by atoms with Crippen LogP contribution in [-0.4, -0.2) is 10.9 Å². The van der Waals surface area contributed by atoms with Gasteiger partial charge < -0.3 is 5.11 Å². The molecule has 0 bridgehead atoms. The Bertz CT molecular complexity index is 969. The lowest BCUT2D eigenvalue weighted by Crippen LogP contribution is -2.37. The van der Waals surface area contributed by atoms with Crippen LogP contribution in [0.5, 0.6) is 0 Å². The summed E-state index contributed by atoms with van der Waals surface area (Å²) < 4.78 is 0. The van der Waals surface area contributed by atoms with Gasteiger partial charge in [-0.05, 0) is 29.2 Å². The molecule has 0 spiro atoms. The van der Waals surface area contributed by atoms with Crippen LogP contribution in [-0.2, 0) is 5.41 Å². The van der Waals surface area contributed by atoms with Crippen molar-refractivity contribution in [3.8, 4) is 0 Å². The molecule has 0 saturated heterocycles. The van der Waals surface area contributed by atoms with Gasteiger partial charge in [0.15, 0.2) is 6.23 Å². The molecule has 0 radical (unpaired) electrons. The monoisotopic (exact) mass is 356 g/mol. The molecule has 3 nitrogen and oxygen atoms in total. The number of para-hydroxylation sites is 2. The summed E-state index contributed by atoms with van der Waals surface area (Å²) >= 11 is 0. The Hall–Kier alpha value is -2.91.